The molecule has 2 aromatic heterocycles. The van der Waals surface area contributed by atoms with E-state index in [2.05, 4.69) is 4.98 Å². The SMILES string of the molecule is CCOC(=O)Cn1cnc2c1c(=O)n(CCOC)c(=O)n2-c1ccccc1. The number of hydrogen-bond donors (Lipinski definition) is 0. The smallest absolute Gasteiger partial charge is 0.337 e. The van der Waals surface area contributed by atoms with Crippen LogP contribution in [-0.2, 0) is 27.4 Å². The average Bonchev–Trinajstić information content (AvgIpc) is 3.06. The van der Waals surface area contributed by atoms with Crippen molar-refractivity contribution in [3.05, 3.63) is 57.5 Å². The lowest BCUT2D eigenvalue weighted by Crippen LogP contribution is -2.41. The number of carbonyl (C=O) groups is 1. The highest BCUT2D eigenvalue weighted by atomic mass is 16.5. The van der Waals surface area contributed by atoms with Crippen LogP contribution < -0.4 is 11.2 Å². The predicted molar refractivity (Wildman–Crippen MR) is 98.1 cm³/mol. The zero-order valence-electron chi connectivity index (χ0n) is 15.1. The lowest BCUT2D eigenvalue weighted by molar-refractivity contribution is -0.143. The lowest BCUT2D eigenvalue weighted by Gasteiger charge is -2.12. The molecule has 0 aliphatic heterocycles. The number of carbonyl (C=O) groups excluding carboxylic acids is 1. The van der Waals surface area contributed by atoms with Crippen molar-refractivity contribution < 1.29 is 14.3 Å². The van der Waals surface area contributed by atoms with E-state index >= 15 is 0 Å². The standard InChI is InChI=1S/C18H20N4O5/c1-3-27-14(23)11-20-12-19-16-15(20)17(24)21(9-10-26-2)18(25)22(16)13-7-5-4-6-8-13/h4-8,12H,3,9-11H2,1-2H3. The fourth-order valence-corrected chi connectivity index (χ4v) is 2.83. The van der Waals surface area contributed by atoms with Crippen LogP contribution in [0.25, 0.3) is 16.9 Å². The van der Waals surface area contributed by atoms with Gasteiger partial charge < -0.3 is 14.0 Å². The van der Waals surface area contributed by atoms with Gasteiger partial charge in [-0.1, -0.05) is 18.2 Å². The lowest BCUT2D eigenvalue weighted by atomic mass is 10.3. The summed E-state index contributed by atoms with van der Waals surface area (Å²) in [6.07, 6.45) is 1.36. The van der Waals surface area contributed by atoms with E-state index in [1.807, 2.05) is 6.07 Å². The molecule has 1 aromatic carbocycles. The van der Waals surface area contributed by atoms with Crippen molar-refractivity contribution in [2.24, 2.45) is 0 Å². The third-order valence-electron chi connectivity index (χ3n) is 4.04. The van der Waals surface area contributed by atoms with Crippen LogP contribution in [0.4, 0.5) is 0 Å². The molecule has 0 N–H and O–H groups in total. The summed E-state index contributed by atoms with van der Waals surface area (Å²) in [6.45, 7) is 2.05. The molecule has 0 saturated carbocycles. The molecule has 3 aromatic rings. The monoisotopic (exact) mass is 372 g/mol. The number of benzene rings is 1. The van der Waals surface area contributed by atoms with Crippen molar-refractivity contribution in [3.63, 3.8) is 0 Å². The molecule has 9 nitrogen and oxygen atoms in total. The second kappa shape index (κ2) is 8.00. The summed E-state index contributed by atoms with van der Waals surface area (Å²) >= 11 is 0. The van der Waals surface area contributed by atoms with Gasteiger partial charge in [0.2, 0.25) is 0 Å². The van der Waals surface area contributed by atoms with Crippen LogP contribution in [0, 0.1) is 0 Å². The Kier molecular flexibility index (Phi) is 5.51. The highest BCUT2D eigenvalue weighted by Gasteiger charge is 2.20. The molecule has 0 spiro atoms. The first-order valence-electron chi connectivity index (χ1n) is 8.49. The number of fused-ring (bicyclic) bond motifs is 1. The molecule has 0 radical (unpaired) electrons. The number of rotatable bonds is 7. The summed E-state index contributed by atoms with van der Waals surface area (Å²) in [4.78, 5) is 42.0. The Labute approximate surface area is 154 Å². The molecule has 0 atom stereocenters. The molecule has 0 bridgehead atoms. The van der Waals surface area contributed by atoms with Crippen LogP contribution in [0.2, 0.25) is 0 Å². The summed E-state index contributed by atoms with van der Waals surface area (Å²) in [5.41, 5.74) is -0.130. The number of aromatic nitrogens is 4. The maximum Gasteiger partial charge on any atom is 0.337 e. The van der Waals surface area contributed by atoms with Gasteiger partial charge in [0.25, 0.3) is 5.56 Å². The number of hydrogen-bond acceptors (Lipinski definition) is 6. The van der Waals surface area contributed by atoms with Gasteiger partial charge in [-0.15, -0.1) is 0 Å². The summed E-state index contributed by atoms with van der Waals surface area (Å²) in [6, 6.07) is 8.89. The Hall–Kier alpha value is -3.20. The van der Waals surface area contributed by atoms with E-state index in [1.165, 1.54) is 22.6 Å². The minimum atomic E-state index is -0.527. The van der Waals surface area contributed by atoms with Crippen LogP contribution in [0.5, 0.6) is 0 Å². The first-order valence-corrected chi connectivity index (χ1v) is 8.49. The number of esters is 1. The molecular weight excluding hydrogens is 352 g/mol. The van der Waals surface area contributed by atoms with E-state index in [9.17, 15) is 14.4 Å². The van der Waals surface area contributed by atoms with Gasteiger partial charge in [0.1, 0.15) is 6.54 Å². The van der Waals surface area contributed by atoms with Crippen LogP contribution >= 0.6 is 0 Å². The Morgan fingerprint density at radius 3 is 2.59 bits per heavy atom. The Balaban J connectivity index is 2.28. The number of ether oxygens (including phenoxy) is 2. The van der Waals surface area contributed by atoms with Gasteiger partial charge >= 0.3 is 11.7 Å². The quantitative estimate of drug-likeness (QED) is 0.562. The van der Waals surface area contributed by atoms with Gasteiger partial charge in [0, 0.05) is 7.11 Å². The molecule has 142 valence electrons. The van der Waals surface area contributed by atoms with Crippen LogP contribution in [-0.4, -0.2) is 45.0 Å². The van der Waals surface area contributed by atoms with Crippen LogP contribution in [0.1, 0.15) is 6.92 Å². The van der Waals surface area contributed by atoms with Crippen molar-refractivity contribution in [3.8, 4) is 5.69 Å². The average molecular weight is 372 g/mol. The van der Waals surface area contributed by atoms with Gasteiger partial charge in [-0.3, -0.25) is 14.2 Å². The zero-order chi connectivity index (χ0) is 19.4. The Morgan fingerprint density at radius 2 is 1.93 bits per heavy atom. The minimum Gasteiger partial charge on any atom is -0.465 e. The van der Waals surface area contributed by atoms with Crippen LogP contribution in [0.15, 0.2) is 46.2 Å². The normalized spacial score (nSPS) is 11.0. The molecule has 3 rings (SSSR count). The third-order valence-corrected chi connectivity index (χ3v) is 4.04. The molecule has 0 unspecified atom stereocenters. The van der Waals surface area contributed by atoms with Crippen LogP contribution in [0.3, 0.4) is 0 Å². The second-order valence-electron chi connectivity index (χ2n) is 5.75. The first-order chi connectivity index (χ1) is 13.1. The third kappa shape index (κ3) is 3.54. The molecule has 0 aliphatic rings. The molecule has 2 heterocycles. The molecule has 0 fully saturated rings. The summed E-state index contributed by atoms with van der Waals surface area (Å²) < 4.78 is 13.8. The number of para-hydroxylation sites is 1. The van der Waals surface area contributed by atoms with Gasteiger partial charge in [-0.25, -0.2) is 14.3 Å². The van der Waals surface area contributed by atoms with Gasteiger partial charge in [0.15, 0.2) is 11.2 Å². The summed E-state index contributed by atoms with van der Waals surface area (Å²) in [5, 5.41) is 0. The molecule has 0 saturated heterocycles. The molecule has 27 heavy (non-hydrogen) atoms. The van der Waals surface area contributed by atoms with Crippen molar-refractivity contribution >= 4 is 17.1 Å². The van der Waals surface area contributed by atoms with Crippen molar-refractivity contribution in [1.29, 1.82) is 0 Å². The molecule has 0 amide bonds. The zero-order valence-corrected chi connectivity index (χ0v) is 15.1. The minimum absolute atomic E-state index is 0.0848. The number of imidazole rings is 1. The van der Waals surface area contributed by atoms with Crippen molar-refractivity contribution in [2.75, 3.05) is 20.3 Å². The van der Waals surface area contributed by atoms with E-state index in [0.717, 1.165) is 4.57 Å². The Morgan fingerprint density at radius 1 is 1.19 bits per heavy atom. The fourth-order valence-electron chi connectivity index (χ4n) is 2.83. The predicted octanol–water partition coefficient (Wildman–Crippen LogP) is 0.558. The maximum atomic E-state index is 13.0. The highest BCUT2D eigenvalue weighted by molar-refractivity contribution is 5.76. The van der Waals surface area contributed by atoms with Crippen molar-refractivity contribution in [1.82, 2.24) is 18.7 Å². The molecule has 0 aliphatic carbocycles. The van der Waals surface area contributed by atoms with Crippen molar-refractivity contribution in [2.45, 2.75) is 20.0 Å². The maximum absolute atomic E-state index is 13.0. The molecular formula is C18H20N4O5. The largest absolute Gasteiger partial charge is 0.465 e. The Bertz CT molecular complexity index is 1070. The first kappa shape index (κ1) is 18.6. The second-order valence-corrected chi connectivity index (χ2v) is 5.75. The summed E-state index contributed by atoms with van der Waals surface area (Å²) in [7, 11) is 1.49. The van der Waals surface area contributed by atoms with E-state index in [0.29, 0.717) is 5.69 Å². The van der Waals surface area contributed by atoms with Gasteiger partial charge in [-0.05, 0) is 19.1 Å². The van der Waals surface area contributed by atoms with E-state index in [4.69, 9.17) is 9.47 Å². The highest BCUT2D eigenvalue weighted by Crippen LogP contribution is 2.13. The molecule has 9 heteroatoms. The fraction of sp³-hybridized carbons (Fsp3) is 0.333. The number of nitrogens with zero attached hydrogens (tertiary/aromatic N) is 4. The number of methoxy groups -OCH3 is 1. The topological polar surface area (TPSA) is 97.4 Å². The van der Waals surface area contributed by atoms with E-state index in [1.54, 1.807) is 31.2 Å². The van der Waals surface area contributed by atoms with E-state index in [-0.39, 0.29) is 37.5 Å². The van der Waals surface area contributed by atoms with Gasteiger partial charge in [-0.2, -0.15) is 0 Å². The summed E-state index contributed by atoms with van der Waals surface area (Å²) in [5.74, 6) is -0.489. The van der Waals surface area contributed by atoms with Gasteiger partial charge in [0.05, 0.1) is 31.8 Å². The van der Waals surface area contributed by atoms with E-state index < -0.39 is 17.2 Å².